The molecule has 1 aliphatic rings. The Morgan fingerprint density at radius 1 is 1.10 bits per heavy atom. The monoisotopic (exact) mass is 326 g/mol. The van der Waals surface area contributed by atoms with Gasteiger partial charge in [-0.1, -0.05) is 17.7 Å². The predicted octanol–water partition coefficient (Wildman–Crippen LogP) is 2.88. The zero-order chi connectivity index (χ0) is 15.0. The third-order valence-corrected chi connectivity index (χ3v) is 4.97. The highest BCUT2D eigenvalue weighted by Crippen LogP contribution is 2.26. The summed E-state index contributed by atoms with van der Waals surface area (Å²) in [5.41, 5.74) is 2.20. The Hall–Kier alpha value is -1.63. The van der Waals surface area contributed by atoms with E-state index < -0.39 is 15.8 Å². The van der Waals surface area contributed by atoms with Crippen LogP contribution in [0.3, 0.4) is 0 Å². The third-order valence-electron chi connectivity index (χ3n) is 3.29. The predicted molar refractivity (Wildman–Crippen MR) is 79.2 cm³/mol. The number of rotatable bonds is 3. The SMILES string of the molecule is O=S(=O)(Nc1ccc(F)cc1Cl)c1ccc2c(c1)CNC2. The summed E-state index contributed by atoms with van der Waals surface area (Å²) in [6, 6.07) is 8.48. The fraction of sp³-hybridized carbons (Fsp3) is 0.143. The van der Waals surface area contributed by atoms with Gasteiger partial charge in [-0.25, -0.2) is 12.8 Å². The van der Waals surface area contributed by atoms with Gasteiger partial charge in [-0.2, -0.15) is 0 Å². The van der Waals surface area contributed by atoms with Crippen molar-refractivity contribution in [2.24, 2.45) is 0 Å². The molecule has 110 valence electrons. The molecule has 7 heteroatoms. The van der Waals surface area contributed by atoms with Gasteiger partial charge in [-0.15, -0.1) is 0 Å². The van der Waals surface area contributed by atoms with Gasteiger partial charge in [0.1, 0.15) is 5.82 Å². The molecule has 2 aromatic carbocycles. The maximum Gasteiger partial charge on any atom is 0.261 e. The van der Waals surface area contributed by atoms with Crippen LogP contribution in [0, 0.1) is 5.82 Å². The van der Waals surface area contributed by atoms with Gasteiger partial charge in [-0.3, -0.25) is 4.72 Å². The van der Waals surface area contributed by atoms with E-state index in [0.29, 0.717) is 6.54 Å². The Balaban J connectivity index is 1.93. The van der Waals surface area contributed by atoms with Crippen LogP contribution in [0.2, 0.25) is 5.02 Å². The summed E-state index contributed by atoms with van der Waals surface area (Å²) < 4.78 is 40.1. The minimum absolute atomic E-state index is 0.0152. The third kappa shape index (κ3) is 2.88. The molecule has 1 aliphatic heterocycles. The van der Waals surface area contributed by atoms with Crippen LogP contribution in [0.25, 0.3) is 0 Å². The number of sulfonamides is 1. The molecule has 0 bridgehead atoms. The molecular formula is C14H12ClFN2O2S. The van der Waals surface area contributed by atoms with E-state index in [4.69, 9.17) is 11.6 Å². The van der Waals surface area contributed by atoms with Gasteiger partial charge in [0.25, 0.3) is 10.0 Å². The molecule has 2 N–H and O–H groups in total. The van der Waals surface area contributed by atoms with E-state index >= 15 is 0 Å². The van der Waals surface area contributed by atoms with Gasteiger partial charge in [0.2, 0.25) is 0 Å². The molecule has 0 fully saturated rings. The zero-order valence-corrected chi connectivity index (χ0v) is 12.4. The fourth-order valence-corrected chi connectivity index (χ4v) is 3.61. The molecule has 0 saturated heterocycles. The molecule has 3 rings (SSSR count). The Kier molecular flexibility index (Phi) is 3.61. The van der Waals surface area contributed by atoms with E-state index in [9.17, 15) is 12.8 Å². The van der Waals surface area contributed by atoms with Gasteiger partial charge in [0.15, 0.2) is 0 Å². The van der Waals surface area contributed by atoms with Crippen molar-refractivity contribution in [3.05, 3.63) is 58.4 Å². The van der Waals surface area contributed by atoms with Gasteiger partial charge in [0, 0.05) is 13.1 Å². The molecule has 0 atom stereocenters. The first kappa shape index (κ1) is 14.3. The molecule has 0 spiro atoms. The summed E-state index contributed by atoms with van der Waals surface area (Å²) in [5.74, 6) is -0.522. The lowest BCUT2D eigenvalue weighted by Crippen LogP contribution is -2.13. The molecular weight excluding hydrogens is 315 g/mol. The van der Waals surface area contributed by atoms with Crippen LogP contribution in [-0.4, -0.2) is 8.42 Å². The van der Waals surface area contributed by atoms with Crippen LogP contribution in [0.1, 0.15) is 11.1 Å². The molecule has 2 aromatic rings. The highest BCUT2D eigenvalue weighted by Gasteiger charge is 2.19. The quantitative estimate of drug-likeness (QED) is 0.912. The topological polar surface area (TPSA) is 58.2 Å². The largest absolute Gasteiger partial charge is 0.309 e. The van der Waals surface area contributed by atoms with Crippen molar-refractivity contribution < 1.29 is 12.8 Å². The van der Waals surface area contributed by atoms with Crippen molar-refractivity contribution in [2.75, 3.05) is 4.72 Å². The molecule has 0 saturated carbocycles. The van der Waals surface area contributed by atoms with Crippen molar-refractivity contribution in [1.82, 2.24) is 5.32 Å². The van der Waals surface area contributed by atoms with Gasteiger partial charge in [0.05, 0.1) is 15.6 Å². The van der Waals surface area contributed by atoms with Crippen molar-refractivity contribution in [3.8, 4) is 0 Å². The van der Waals surface area contributed by atoms with Crippen molar-refractivity contribution >= 4 is 27.3 Å². The normalized spacial score (nSPS) is 14.0. The van der Waals surface area contributed by atoms with Crippen LogP contribution in [0.4, 0.5) is 10.1 Å². The molecule has 0 radical (unpaired) electrons. The molecule has 4 nitrogen and oxygen atoms in total. The van der Waals surface area contributed by atoms with Crippen molar-refractivity contribution in [2.45, 2.75) is 18.0 Å². The first-order valence-electron chi connectivity index (χ1n) is 6.26. The number of halogens is 2. The van der Waals surface area contributed by atoms with E-state index in [0.717, 1.165) is 29.8 Å². The van der Waals surface area contributed by atoms with E-state index in [1.54, 1.807) is 18.2 Å². The minimum atomic E-state index is -3.75. The first-order chi connectivity index (χ1) is 9.95. The highest BCUT2D eigenvalue weighted by molar-refractivity contribution is 7.92. The van der Waals surface area contributed by atoms with Crippen LogP contribution in [0.15, 0.2) is 41.3 Å². The van der Waals surface area contributed by atoms with Crippen LogP contribution in [-0.2, 0) is 23.1 Å². The number of benzene rings is 2. The smallest absolute Gasteiger partial charge is 0.261 e. The Morgan fingerprint density at radius 2 is 1.86 bits per heavy atom. The fourth-order valence-electron chi connectivity index (χ4n) is 2.21. The van der Waals surface area contributed by atoms with E-state index in [1.165, 1.54) is 6.07 Å². The van der Waals surface area contributed by atoms with Gasteiger partial charge < -0.3 is 5.32 Å². The summed E-state index contributed by atoms with van der Waals surface area (Å²) in [4.78, 5) is 0.158. The maximum absolute atomic E-state index is 13.0. The molecule has 0 unspecified atom stereocenters. The second kappa shape index (κ2) is 5.29. The minimum Gasteiger partial charge on any atom is -0.309 e. The highest BCUT2D eigenvalue weighted by atomic mass is 35.5. The summed E-state index contributed by atoms with van der Waals surface area (Å²) in [5, 5.41) is 3.17. The number of hydrogen-bond acceptors (Lipinski definition) is 3. The van der Waals surface area contributed by atoms with Gasteiger partial charge in [-0.05, 0) is 41.5 Å². The number of hydrogen-bond donors (Lipinski definition) is 2. The Bertz CT molecular complexity index is 809. The number of anilines is 1. The van der Waals surface area contributed by atoms with Crippen LogP contribution >= 0.6 is 11.6 Å². The van der Waals surface area contributed by atoms with Crippen LogP contribution < -0.4 is 10.0 Å². The lowest BCUT2D eigenvalue weighted by molar-refractivity contribution is 0.601. The molecule has 0 amide bonds. The average Bonchev–Trinajstić information content (AvgIpc) is 2.89. The van der Waals surface area contributed by atoms with E-state index in [1.807, 2.05) is 0 Å². The summed E-state index contributed by atoms with van der Waals surface area (Å²) in [7, 11) is -3.75. The molecule has 0 aliphatic carbocycles. The summed E-state index contributed by atoms with van der Waals surface area (Å²) in [6.45, 7) is 1.39. The van der Waals surface area contributed by atoms with Crippen molar-refractivity contribution in [3.63, 3.8) is 0 Å². The number of nitrogens with one attached hydrogen (secondary N) is 2. The lowest BCUT2D eigenvalue weighted by atomic mass is 10.1. The molecule has 0 aromatic heterocycles. The second-order valence-corrected chi connectivity index (χ2v) is 6.85. The van der Waals surface area contributed by atoms with E-state index in [-0.39, 0.29) is 15.6 Å². The zero-order valence-electron chi connectivity index (χ0n) is 10.9. The molecule has 1 heterocycles. The molecule has 21 heavy (non-hydrogen) atoms. The summed E-state index contributed by atoms with van der Waals surface area (Å²) in [6.07, 6.45) is 0. The average molecular weight is 327 g/mol. The Labute approximate surface area is 127 Å². The lowest BCUT2D eigenvalue weighted by Gasteiger charge is -2.10. The number of fused-ring (bicyclic) bond motifs is 1. The maximum atomic E-state index is 13.0. The van der Waals surface area contributed by atoms with Crippen molar-refractivity contribution in [1.29, 1.82) is 0 Å². The second-order valence-electron chi connectivity index (χ2n) is 4.76. The van der Waals surface area contributed by atoms with Crippen LogP contribution in [0.5, 0.6) is 0 Å². The summed E-state index contributed by atoms with van der Waals surface area (Å²) >= 11 is 5.84. The standard InChI is InChI=1S/C14H12ClFN2O2S/c15-13-6-11(16)2-4-14(13)18-21(19,20)12-3-1-9-7-17-8-10(9)5-12/h1-6,17-18H,7-8H2. The Morgan fingerprint density at radius 3 is 2.62 bits per heavy atom. The first-order valence-corrected chi connectivity index (χ1v) is 8.12. The van der Waals surface area contributed by atoms with Gasteiger partial charge >= 0.3 is 0 Å². The van der Waals surface area contributed by atoms with E-state index in [2.05, 4.69) is 10.0 Å².